The van der Waals surface area contributed by atoms with Gasteiger partial charge in [0.1, 0.15) is 0 Å². The molecule has 0 spiro atoms. The van der Waals surface area contributed by atoms with Crippen LogP contribution in [0.2, 0.25) is 0 Å². The van der Waals surface area contributed by atoms with Crippen molar-refractivity contribution in [3.05, 3.63) is 30.0 Å². The number of benzene rings is 1. The molecule has 0 bridgehead atoms. The first-order chi connectivity index (χ1) is 11.7. The van der Waals surface area contributed by atoms with E-state index in [9.17, 15) is 4.79 Å². The minimum absolute atomic E-state index is 0.137. The van der Waals surface area contributed by atoms with Crippen LogP contribution in [0.15, 0.2) is 24.3 Å². The Bertz CT molecular complexity index is 694. The maximum absolute atomic E-state index is 12.2. The summed E-state index contributed by atoms with van der Waals surface area (Å²) < 4.78 is 1.99. The highest BCUT2D eigenvalue weighted by Gasteiger charge is 2.18. The molecule has 3 rings (SSSR count). The third kappa shape index (κ3) is 3.96. The molecule has 2 heterocycles. The predicted molar refractivity (Wildman–Crippen MR) is 96.7 cm³/mol. The van der Waals surface area contributed by atoms with Crippen molar-refractivity contribution in [1.82, 2.24) is 20.0 Å². The maximum Gasteiger partial charge on any atom is 0.220 e. The lowest BCUT2D eigenvalue weighted by Gasteiger charge is -2.29. The first-order valence-electron chi connectivity index (χ1n) is 9.07. The Labute approximate surface area is 144 Å². The van der Waals surface area contributed by atoms with Gasteiger partial charge in [-0.25, -0.2) is 0 Å². The third-order valence-corrected chi connectivity index (χ3v) is 4.99. The van der Waals surface area contributed by atoms with Crippen LogP contribution in [0.3, 0.4) is 0 Å². The van der Waals surface area contributed by atoms with Gasteiger partial charge >= 0.3 is 0 Å². The fraction of sp³-hybridized carbons (Fsp3) is 0.579. The zero-order valence-corrected chi connectivity index (χ0v) is 14.8. The number of hydrogen-bond acceptors (Lipinski definition) is 3. The molecule has 0 unspecified atom stereocenters. The molecule has 1 N–H and O–H groups in total. The molecule has 1 atom stereocenters. The van der Waals surface area contributed by atoms with Gasteiger partial charge < -0.3 is 10.2 Å². The standard InChI is InChI=1S/C19H28N4O/c1-3-23-18-9-5-4-8-16(18)17(21-23)13-20-19(24)11-10-15-7-6-12-22(2)14-15/h4-5,8-9,15H,3,6-7,10-14H2,1-2H3,(H,20,24)/t15-/m0/s1. The smallest absolute Gasteiger partial charge is 0.220 e. The van der Waals surface area contributed by atoms with Gasteiger partial charge in [0.15, 0.2) is 0 Å². The molecular weight excluding hydrogens is 300 g/mol. The van der Waals surface area contributed by atoms with E-state index in [0.717, 1.165) is 36.1 Å². The van der Waals surface area contributed by atoms with Crippen molar-refractivity contribution >= 4 is 16.8 Å². The van der Waals surface area contributed by atoms with Crippen LogP contribution in [0.1, 0.15) is 38.3 Å². The summed E-state index contributed by atoms with van der Waals surface area (Å²) in [5, 5.41) is 8.82. The summed E-state index contributed by atoms with van der Waals surface area (Å²) in [6.07, 6.45) is 4.11. The van der Waals surface area contributed by atoms with Gasteiger partial charge in [-0.15, -0.1) is 0 Å². The number of rotatable bonds is 6. The molecule has 2 aromatic rings. The Kier molecular flexibility index (Phi) is 5.51. The van der Waals surface area contributed by atoms with E-state index in [4.69, 9.17) is 0 Å². The molecule has 1 aromatic heterocycles. The second kappa shape index (κ2) is 7.79. The lowest BCUT2D eigenvalue weighted by Crippen LogP contribution is -2.33. The Morgan fingerprint density at radius 2 is 2.21 bits per heavy atom. The number of carbonyl (C=O) groups is 1. The summed E-state index contributed by atoms with van der Waals surface area (Å²) in [5.41, 5.74) is 2.09. The van der Waals surface area contributed by atoms with E-state index in [1.54, 1.807) is 0 Å². The molecule has 5 nitrogen and oxygen atoms in total. The second-order valence-corrected chi connectivity index (χ2v) is 6.87. The minimum atomic E-state index is 0.137. The number of aryl methyl sites for hydroxylation is 1. The average Bonchev–Trinajstić information content (AvgIpc) is 2.96. The van der Waals surface area contributed by atoms with Crippen molar-refractivity contribution in [1.29, 1.82) is 0 Å². The Morgan fingerprint density at radius 3 is 3.00 bits per heavy atom. The molecule has 0 aliphatic carbocycles. The molecule has 0 saturated carbocycles. The number of nitrogens with one attached hydrogen (secondary N) is 1. The van der Waals surface area contributed by atoms with Crippen LogP contribution in [0, 0.1) is 5.92 Å². The summed E-state index contributed by atoms with van der Waals surface area (Å²) in [6, 6.07) is 8.21. The highest BCUT2D eigenvalue weighted by atomic mass is 16.1. The van der Waals surface area contributed by atoms with E-state index < -0.39 is 0 Å². The monoisotopic (exact) mass is 328 g/mol. The van der Waals surface area contributed by atoms with Crippen molar-refractivity contribution in [2.75, 3.05) is 20.1 Å². The summed E-state index contributed by atoms with van der Waals surface area (Å²) in [4.78, 5) is 14.6. The van der Waals surface area contributed by atoms with Crippen LogP contribution in [0.25, 0.3) is 10.9 Å². The van der Waals surface area contributed by atoms with E-state index in [-0.39, 0.29) is 5.91 Å². The van der Waals surface area contributed by atoms with Crippen LogP contribution in [-0.2, 0) is 17.9 Å². The molecule has 1 aliphatic rings. The van der Waals surface area contributed by atoms with Crippen LogP contribution < -0.4 is 5.32 Å². The fourth-order valence-corrected chi connectivity index (χ4v) is 3.68. The van der Waals surface area contributed by atoms with E-state index in [2.05, 4.69) is 41.4 Å². The Balaban J connectivity index is 1.53. The third-order valence-electron chi connectivity index (χ3n) is 4.99. The van der Waals surface area contributed by atoms with Gasteiger partial charge in [0.05, 0.1) is 17.8 Å². The predicted octanol–water partition coefficient (Wildman–Crippen LogP) is 2.79. The molecule has 24 heavy (non-hydrogen) atoms. The number of para-hydroxylation sites is 1. The highest BCUT2D eigenvalue weighted by Crippen LogP contribution is 2.20. The van der Waals surface area contributed by atoms with Gasteiger partial charge in [-0.05, 0) is 51.8 Å². The Hall–Kier alpha value is -1.88. The van der Waals surface area contributed by atoms with Crippen LogP contribution in [-0.4, -0.2) is 40.7 Å². The average molecular weight is 328 g/mol. The van der Waals surface area contributed by atoms with Gasteiger partial charge in [0, 0.05) is 24.9 Å². The van der Waals surface area contributed by atoms with E-state index in [1.165, 1.54) is 19.4 Å². The fourth-order valence-electron chi connectivity index (χ4n) is 3.68. The molecule has 1 saturated heterocycles. The second-order valence-electron chi connectivity index (χ2n) is 6.87. The summed E-state index contributed by atoms with van der Waals surface area (Å²) in [5.74, 6) is 0.799. The molecular formula is C19H28N4O. The number of amides is 1. The van der Waals surface area contributed by atoms with Crippen molar-refractivity contribution in [3.8, 4) is 0 Å². The summed E-state index contributed by atoms with van der Waals surface area (Å²) in [7, 11) is 2.17. The van der Waals surface area contributed by atoms with Gasteiger partial charge in [0.2, 0.25) is 5.91 Å². The molecule has 130 valence electrons. The molecule has 0 radical (unpaired) electrons. The van der Waals surface area contributed by atoms with Gasteiger partial charge in [-0.3, -0.25) is 9.48 Å². The number of carbonyl (C=O) groups excluding carboxylic acids is 1. The first-order valence-corrected chi connectivity index (χ1v) is 9.07. The number of likely N-dealkylation sites (tertiary alicyclic amines) is 1. The quantitative estimate of drug-likeness (QED) is 0.887. The van der Waals surface area contributed by atoms with Gasteiger partial charge in [-0.1, -0.05) is 18.2 Å². The van der Waals surface area contributed by atoms with E-state index in [1.807, 2.05) is 16.8 Å². The van der Waals surface area contributed by atoms with Gasteiger partial charge in [-0.2, -0.15) is 5.10 Å². The SMILES string of the molecule is CCn1nc(CNC(=O)CC[C@@H]2CCCN(C)C2)c2ccccc21. The molecule has 1 fully saturated rings. The molecule has 1 amide bonds. The van der Waals surface area contributed by atoms with Crippen molar-refractivity contribution in [2.45, 2.75) is 45.7 Å². The number of aromatic nitrogens is 2. The largest absolute Gasteiger partial charge is 0.350 e. The van der Waals surface area contributed by atoms with Crippen molar-refractivity contribution in [3.63, 3.8) is 0 Å². The lowest BCUT2D eigenvalue weighted by molar-refractivity contribution is -0.121. The van der Waals surface area contributed by atoms with Crippen LogP contribution >= 0.6 is 0 Å². The van der Waals surface area contributed by atoms with E-state index >= 15 is 0 Å². The maximum atomic E-state index is 12.2. The summed E-state index contributed by atoms with van der Waals surface area (Å²) in [6.45, 7) is 5.75. The Morgan fingerprint density at radius 1 is 1.38 bits per heavy atom. The van der Waals surface area contributed by atoms with E-state index in [0.29, 0.717) is 18.9 Å². The number of piperidine rings is 1. The first kappa shape index (κ1) is 17.0. The lowest BCUT2D eigenvalue weighted by atomic mass is 9.93. The number of hydrogen-bond donors (Lipinski definition) is 1. The highest BCUT2D eigenvalue weighted by molar-refractivity contribution is 5.82. The van der Waals surface area contributed by atoms with Crippen LogP contribution in [0.4, 0.5) is 0 Å². The normalized spacial score (nSPS) is 18.8. The zero-order valence-electron chi connectivity index (χ0n) is 14.8. The molecule has 5 heteroatoms. The van der Waals surface area contributed by atoms with Crippen LogP contribution in [0.5, 0.6) is 0 Å². The number of fused-ring (bicyclic) bond motifs is 1. The van der Waals surface area contributed by atoms with Crippen molar-refractivity contribution < 1.29 is 4.79 Å². The van der Waals surface area contributed by atoms with Gasteiger partial charge in [0.25, 0.3) is 0 Å². The number of nitrogens with zero attached hydrogens (tertiary/aromatic N) is 3. The summed E-state index contributed by atoms with van der Waals surface area (Å²) >= 11 is 0. The topological polar surface area (TPSA) is 50.2 Å². The molecule has 1 aromatic carbocycles. The van der Waals surface area contributed by atoms with Crippen molar-refractivity contribution in [2.24, 2.45) is 5.92 Å². The molecule has 1 aliphatic heterocycles. The zero-order chi connectivity index (χ0) is 16.9. The minimum Gasteiger partial charge on any atom is -0.350 e.